The Morgan fingerprint density at radius 2 is 1.91 bits per heavy atom. The molecule has 0 amide bonds. The third kappa shape index (κ3) is 2.80. The van der Waals surface area contributed by atoms with E-state index in [1.54, 1.807) is 12.3 Å². The molecule has 22 heavy (non-hydrogen) atoms. The number of rotatable bonds is 5. The highest BCUT2D eigenvalue weighted by Gasteiger charge is 2.19. The maximum Gasteiger partial charge on any atom is 0.342 e. The predicted molar refractivity (Wildman–Crippen MR) is 79.1 cm³/mol. The Bertz CT molecular complexity index is 770. The van der Waals surface area contributed by atoms with Crippen molar-refractivity contribution in [2.75, 3.05) is 0 Å². The zero-order valence-corrected chi connectivity index (χ0v) is 11.6. The van der Waals surface area contributed by atoms with Gasteiger partial charge < -0.3 is 9.84 Å². The zero-order chi connectivity index (χ0) is 15.4. The third-order valence-corrected chi connectivity index (χ3v) is 3.04. The van der Waals surface area contributed by atoms with Crippen LogP contribution in [0.1, 0.15) is 16.1 Å². The minimum atomic E-state index is -1.08. The van der Waals surface area contributed by atoms with Crippen molar-refractivity contribution in [1.82, 2.24) is 14.8 Å². The van der Waals surface area contributed by atoms with Crippen molar-refractivity contribution >= 4 is 5.97 Å². The minimum Gasteiger partial charge on any atom is -0.477 e. The number of benzene rings is 1. The standard InChI is InChI=1S/C16H13N3O3/c20-16(21)14-10-18-19(13-7-2-1-3-8-13)15(14)22-11-12-6-4-5-9-17-12/h1-10H,11H2,(H,20,21). The number of carboxylic acid groups (broad SMARTS) is 1. The Morgan fingerprint density at radius 3 is 2.59 bits per heavy atom. The van der Waals surface area contributed by atoms with Gasteiger partial charge in [0.2, 0.25) is 5.88 Å². The molecular formula is C16H13N3O3. The first-order valence-corrected chi connectivity index (χ1v) is 6.65. The van der Waals surface area contributed by atoms with E-state index in [4.69, 9.17) is 4.74 Å². The molecule has 0 unspecified atom stereocenters. The van der Waals surface area contributed by atoms with E-state index in [1.807, 2.05) is 42.5 Å². The fraction of sp³-hybridized carbons (Fsp3) is 0.0625. The summed E-state index contributed by atoms with van der Waals surface area (Å²) in [5, 5.41) is 13.4. The highest BCUT2D eigenvalue weighted by atomic mass is 16.5. The number of para-hydroxylation sites is 1. The van der Waals surface area contributed by atoms with Gasteiger partial charge in [0.15, 0.2) is 0 Å². The summed E-state index contributed by atoms with van der Waals surface area (Å²) < 4.78 is 7.13. The number of hydrogen-bond acceptors (Lipinski definition) is 4. The molecule has 1 aromatic carbocycles. The van der Waals surface area contributed by atoms with Gasteiger partial charge >= 0.3 is 5.97 Å². The summed E-state index contributed by atoms with van der Waals surface area (Å²) in [7, 11) is 0. The van der Waals surface area contributed by atoms with E-state index in [-0.39, 0.29) is 18.1 Å². The van der Waals surface area contributed by atoms with Crippen molar-refractivity contribution in [1.29, 1.82) is 0 Å². The second-order valence-corrected chi connectivity index (χ2v) is 4.53. The molecule has 0 saturated carbocycles. The van der Waals surface area contributed by atoms with Crippen LogP contribution in [0.15, 0.2) is 60.9 Å². The average Bonchev–Trinajstić information content (AvgIpc) is 2.99. The molecule has 2 heterocycles. The Labute approximate surface area is 126 Å². The van der Waals surface area contributed by atoms with E-state index in [0.717, 1.165) is 5.69 Å². The second-order valence-electron chi connectivity index (χ2n) is 4.53. The van der Waals surface area contributed by atoms with Crippen LogP contribution in [0.5, 0.6) is 5.88 Å². The van der Waals surface area contributed by atoms with Crippen LogP contribution < -0.4 is 4.74 Å². The topological polar surface area (TPSA) is 77.2 Å². The lowest BCUT2D eigenvalue weighted by Gasteiger charge is -2.10. The molecule has 6 heteroatoms. The third-order valence-electron chi connectivity index (χ3n) is 3.04. The number of ether oxygens (including phenoxy) is 1. The maximum absolute atomic E-state index is 11.3. The number of aromatic nitrogens is 3. The monoisotopic (exact) mass is 295 g/mol. The molecule has 6 nitrogen and oxygen atoms in total. The second kappa shape index (κ2) is 6.09. The van der Waals surface area contributed by atoms with Crippen LogP contribution in [0, 0.1) is 0 Å². The van der Waals surface area contributed by atoms with Crippen LogP contribution in [0.4, 0.5) is 0 Å². The summed E-state index contributed by atoms with van der Waals surface area (Å²) in [5.74, 6) is -0.900. The van der Waals surface area contributed by atoms with E-state index in [2.05, 4.69) is 10.1 Å². The average molecular weight is 295 g/mol. The molecule has 3 aromatic rings. The molecule has 2 aromatic heterocycles. The van der Waals surface area contributed by atoms with Gasteiger partial charge in [-0.2, -0.15) is 5.10 Å². The number of pyridine rings is 1. The maximum atomic E-state index is 11.3. The summed E-state index contributed by atoms with van der Waals surface area (Å²) in [6.07, 6.45) is 2.94. The van der Waals surface area contributed by atoms with Gasteiger partial charge in [-0.3, -0.25) is 4.98 Å². The SMILES string of the molecule is O=C(O)c1cnn(-c2ccccc2)c1OCc1ccccn1. The summed E-state index contributed by atoms with van der Waals surface area (Å²) in [6, 6.07) is 14.7. The zero-order valence-electron chi connectivity index (χ0n) is 11.6. The first kappa shape index (κ1) is 13.8. The number of carboxylic acids is 1. The molecule has 3 rings (SSSR count). The first-order chi connectivity index (χ1) is 10.8. The molecule has 0 saturated heterocycles. The Kier molecular flexibility index (Phi) is 3.82. The predicted octanol–water partition coefficient (Wildman–Crippen LogP) is 2.54. The normalized spacial score (nSPS) is 10.4. The Hall–Kier alpha value is -3.15. The van der Waals surface area contributed by atoms with Gasteiger partial charge in [0.05, 0.1) is 17.6 Å². The van der Waals surface area contributed by atoms with E-state index >= 15 is 0 Å². The Morgan fingerprint density at radius 1 is 1.14 bits per heavy atom. The minimum absolute atomic E-state index is 0.0137. The first-order valence-electron chi connectivity index (χ1n) is 6.65. The van der Waals surface area contributed by atoms with Gasteiger partial charge in [0.25, 0.3) is 0 Å². The van der Waals surface area contributed by atoms with Gasteiger partial charge in [0.1, 0.15) is 12.2 Å². The van der Waals surface area contributed by atoms with Crippen LogP contribution in [-0.4, -0.2) is 25.8 Å². The summed E-state index contributed by atoms with van der Waals surface area (Å²) in [6.45, 7) is 0.166. The molecule has 0 bridgehead atoms. The molecule has 0 spiro atoms. The van der Waals surface area contributed by atoms with Gasteiger partial charge in [-0.05, 0) is 24.3 Å². The van der Waals surface area contributed by atoms with Crippen molar-refractivity contribution in [2.24, 2.45) is 0 Å². The number of carbonyl (C=O) groups is 1. The highest BCUT2D eigenvalue weighted by molar-refractivity contribution is 5.90. The fourth-order valence-electron chi connectivity index (χ4n) is 2.00. The van der Waals surface area contributed by atoms with E-state index in [0.29, 0.717) is 5.69 Å². The summed E-state index contributed by atoms with van der Waals surface area (Å²) in [5.41, 5.74) is 1.45. The van der Waals surface area contributed by atoms with Crippen LogP contribution >= 0.6 is 0 Å². The van der Waals surface area contributed by atoms with E-state index in [9.17, 15) is 9.90 Å². The van der Waals surface area contributed by atoms with Crippen LogP contribution in [0.25, 0.3) is 5.69 Å². The lowest BCUT2D eigenvalue weighted by Crippen LogP contribution is -2.07. The lowest BCUT2D eigenvalue weighted by molar-refractivity contribution is 0.0691. The molecule has 1 N–H and O–H groups in total. The van der Waals surface area contributed by atoms with Gasteiger partial charge in [-0.1, -0.05) is 24.3 Å². The van der Waals surface area contributed by atoms with Crippen molar-refractivity contribution in [3.8, 4) is 11.6 Å². The van der Waals surface area contributed by atoms with Gasteiger partial charge in [-0.15, -0.1) is 0 Å². The lowest BCUT2D eigenvalue weighted by atomic mass is 10.3. The van der Waals surface area contributed by atoms with Crippen molar-refractivity contribution in [3.05, 3.63) is 72.2 Å². The Balaban J connectivity index is 1.94. The van der Waals surface area contributed by atoms with Crippen molar-refractivity contribution < 1.29 is 14.6 Å². The molecule has 0 aliphatic heterocycles. The smallest absolute Gasteiger partial charge is 0.342 e. The van der Waals surface area contributed by atoms with E-state index < -0.39 is 5.97 Å². The van der Waals surface area contributed by atoms with Crippen LogP contribution in [-0.2, 0) is 6.61 Å². The van der Waals surface area contributed by atoms with Crippen LogP contribution in [0.3, 0.4) is 0 Å². The quantitative estimate of drug-likeness (QED) is 0.782. The van der Waals surface area contributed by atoms with Crippen LogP contribution in [0.2, 0.25) is 0 Å². The molecule has 0 fully saturated rings. The molecule has 0 aliphatic carbocycles. The fourth-order valence-corrected chi connectivity index (χ4v) is 2.00. The van der Waals surface area contributed by atoms with E-state index in [1.165, 1.54) is 10.9 Å². The summed E-state index contributed by atoms with van der Waals surface area (Å²) >= 11 is 0. The number of aromatic carboxylic acids is 1. The largest absolute Gasteiger partial charge is 0.477 e. The molecule has 0 aliphatic rings. The molecule has 110 valence electrons. The number of nitrogens with zero attached hydrogens (tertiary/aromatic N) is 3. The molecule has 0 radical (unpaired) electrons. The van der Waals surface area contributed by atoms with Gasteiger partial charge in [0, 0.05) is 6.20 Å². The summed E-state index contributed by atoms with van der Waals surface area (Å²) in [4.78, 5) is 15.5. The van der Waals surface area contributed by atoms with Gasteiger partial charge in [-0.25, -0.2) is 9.48 Å². The van der Waals surface area contributed by atoms with Crippen molar-refractivity contribution in [2.45, 2.75) is 6.61 Å². The number of hydrogen-bond donors (Lipinski definition) is 1. The molecular weight excluding hydrogens is 282 g/mol. The highest BCUT2D eigenvalue weighted by Crippen LogP contribution is 2.23. The van der Waals surface area contributed by atoms with Crippen molar-refractivity contribution in [3.63, 3.8) is 0 Å². The molecule has 0 atom stereocenters.